The van der Waals surface area contributed by atoms with Crippen LogP contribution in [0.25, 0.3) is 0 Å². The predicted molar refractivity (Wildman–Crippen MR) is 75.0 cm³/mol. The van der Waals surface area contributed by atoms with Crippen LogP contribution in [0.3, 0.4) is 0 Å². The molecule has 0 fully saturated rings. The summed E-state index contributed by atoms with van der Waals surface area (Å²) in [4.78, 5) is 4.49. The Morgan fingerprint density at radius 1 is 1.33 bits per heavy atom. The van der Waals surface area contributed by atoms with Gasteiger partial charge in [-0.1, -0.05) is 6.92 Å². The van der Waals surface area contributed by atoms with Gasteiger partial charge in [0.1, 0.15) is 5.01 Å². The van der Waals surface area contributed by atoms with Crippen LogP contribution in [-0.4, -0.2) is 21.3 Å². The first-order chi connectivity index (χ1) is 8.61. The molecule has 4 nitrogen and oxygen atoms in total. The third-order valence-corrected chi connectivity index (χ3v) is 3.99. The van der Waals surface area contributed by atoms with E-state index in [2.05, 4.69) is 46.2 Å². The van der Waals surface area contributed by atoms with Crippen molar-refractivity contribution in [1.82, 2.24) is 20.1 Å². The van der Waals surface area contributed by atoms with Crippen molar-refractivity contribution in [2.45, 2.75) is 40.8 Å². The zero-order valence-corrected chi connectivity index (χ0v) is 12.3. The van der Waals surface area contributed by atoms with E-state index in [1.807, 2.05) is 6.92 Å². The van der Waals surface area contributed by atoms with Gasteiger partial charge in [0.05, 0.1) is 12.2 Å². The van der Waals surface area contributed by atoms with Gasteiger partial charge in [-0.3, -0.25) is 4.68 Å². The average molecular weight is 264 g/mol. The number of hydrogen-bond acceptors (Lipinski definition) is 4. The van der Waals surface area contributed by atoms with Crippen LogP contribution in [-0.2, 0) is 13.1 Å². The Labute approximate surface area is 112 Å². The lowest BCUT2D eigenvalue weighted by Crippen LogP contribution is -2.13. The summed E-state index contributed by atoms with van der Waals surface area (Å²) in [5.41, 5.74) is 4.75. The van der Waals surface area contributed by atoms with Gasteiger partial charge < -0.3 is 5.32 Å². The number of aromatic nitrogens is 3. The van der Waals surface area contributed by atoms with Crippen LogP contribution in [0.1, 0.15) is 34.6 Å². The topological polar surface area (TPSA) is 42.7 Å². The molecule has 0 saturated carbocycles. The summed E-state index contributed by atoms with van der Waals surface area (Å²) in [5.74, 6) is 0. The molecule has 0 saturated heterocycles. The monoisotopic (exact) mass is 264 g/mol. The highest BCUT2D eigenvalue weighted by molar-refractivity contribution is 7.09. The predicted octanol–water partition coefficient (Wildman–Crippen LogP) is 2.42. The summed E-state index contributed by atoms with van der Waals surface area (Å²) in [7, 11) is 0. The standard InChI is InChI=1S/C13H20N4S/c1-5-14-6-12-10(3)16-17(11(12)4)7-13-15-9(2)8-18-13/h8,14H,5-7H2,1-4H3. The van der Waals surface area contributed by atoms with E-state index in [0.29, 0.717) is 0 Å². The molecule has 2 rings (SSSR count). The average Bonchev–Trinajstić information content (AvgIpc) is 2.84. The van der Waals surface area contributed by atoms with Crippen molar-refractivity contribution >= 4 is 11.3 Å². The van der Waals surface area contributed by atoms with Gasteiger partial charge in [0.2, 0.25) is 0 Å². The molecule has 0 unspecified atom stereocenters. The Morgan fingerprint density at radius 2 is 2.11 bits per heavy atom. The van der Waals surface area contributed by atoms with Crippen LogP contribution in [0.5, 0.6) is 0 Å². The SMILES string of the molecule is CCNCc1c(C)nn(Cc2nc(C)cs2)c1C. The van der Waals surface area contributed by atoms with E-state index in [0.717, 1.165) is 36.0 Å². The fourth-order valence-corrected chi connectivity index (χ4v) is 2.75. The molecule has 1 N–H and O–H groups in total. The van der Waals surface area contributed by atoms with Crippen molar-refractivity contribution < 1.29 is 0 Å². The minimum atomic E-state index is 0.775. The molecule has 0 atom stereocenters. The fourth-order valence-electron chi connectivity index (χ4n) is 2.00. The van der Waals surface area contributed by atoms with E-state index >= 15 is 0 Å². The maximum atomic E-state index is 4.61. The van der Waals surface area contributed by atoms with Gasteiger partial charge in [0.25, 0.3) is 0 Å². The fraction of sp³-hybridized carbons (Fsp3) is 0.538. The van der Waals surface area contributed by atoms with E-state index in [9.17, 15) is 0 Å². The van der Waals surface area contributed by atoms with E-state index in [1.165, 1.54) is 11.3 Å². The van der Waals surface area contributed by atoms with Crippen LogP contribution >= 0.6 is 11.3 Å². The maximum absolute atomic E-state index is 4.61. The Balaban J connectivity index is 2.18. The van der Waals surface area contributed by atoms with Crippen molar-refractivity contribution in [2.24, 2.45) is 0 Å². The first kappa shape index (κ1) is 13.2. The van der Waals surface area contributed by atoms with Crippen molar-refractivity contribution in [3.63, 3.8) is 0 Å². The van der Waals surface area contributed by atoms with Crippen LogP contribution in [0.4, 0.5) is 0 Å². The molecule has 0 bridgehead atoms. The number of nitrogens with zero attached hydrogens (tertiary/aromatic N) is 3. The Bertz CT molecular complexity index is 527. The van der Waals surface area contributed by atoms with Crippen LogP contribution < -0.4 is 5.32 Å². The lowest BCUT2D eigenvalue weighted by atomic mass is 10.2. The van der Waals surface area contributed by atoms with Gasteiger partial charge in [-0.05, 0) is 27.3 Å². The highest BCUT2D eigenvalue weighted by Gasteiger charge is 2.12. The van der Waals surface area contributed by atoms with Gasteiger partial charge in [-0.2, -0.15) is 5.10 Å². The second-order valence-corrected chi connectivity index (χ2v) is 5.41. The van der Waals surface area contributed by atoms with Crippen LogP contribution in [0.2, 0.25) is 0 Å². The summed E-state index contributed by atoms with van der Waals surface area (Å²) >= 11 is 1.70. The summed E-state index contributed by atoms with van der Waals surface area (Å²) in [6, 6.07) is 0. The first-order valence-electron chi connectivity index (χ1n) is 6.26. The number of thiazole rings is 1. The molecule has 0 amide bonds. The molecule has 2 aromatic rings. The lowest BCUT2D eigenvalue weighted by molar-refractivity contribution is 0.652. The van der Waals surface area contributed by atoms with Crippen LogP contribution in [0, 0.1) is 20.8 Å². The van der Waals surface area contributed by atoms with Crippen molar-refractivity contribution in [3.8, 4) is 0 Å². The molecular weight excluding hydrogens is 244 g/mol. The highest BCUT2D eigenvalue weighted by Crippen LogP contribution is 2.16. The molecule has 18 heavy (non-hydrogen) atoms. The zero-order valence-electron chi connectivity index (χ0n) is 11.4. The van der Waals surface area contributed by atoms with E-state index in [1.54, 1.807) is 11.3 Å². The third kappa shape index (κ3) is 2.79. The molecule has 0 aromatic carbocycles. The summed E-state index contributed by atoms with van der Waals surface area (Å²) < 4.78 is 2.06. The molecule has 2 aromatic heterocycles. The van der Waals surface area contributed by atoms with Gasteiger partial charge in [-0.15, -0.1) is 11.3 Å². The summed E-state index contributed by atoms with van der Waals surface area (Å²) in [5, 5.41) is 11.2. The first-order valence-corrected chi connectivity index (χ1v) is 7.14. The zero-order chi connectivity index (χ0) is 13.1. The van der Waals surface area contributed by atoms with Crippen molar-refractivity contribution in [2.75, 3.05) is 6.54 Å². The number of rotatable bonds is 5. The van der Waals surface area contributed by atoms with Crippen molar-refractivity contribution in [3.05, 3.63) is 33.0 Å². The van der Waals surface area contributed by atoms with E-state index < -0.39 is 0 Å². The van der Waals surface area contributed by atoms with Crippen LogP contribution in [0.15, 0.2) is 5.38 Å². The molecule has 0 aliphatic carbocycles. The van der Waals surface area contributed by atoms with Gasteiger partial charge in [0, 0.05) is 28.9 Å². The Morgan fingerprint density at radius 3 is 2.72 bits per heavy atom. The number of hydrogen-bond donors (Lipinski definition) is 1. The Hall–Kier alpha value is -1.20. The maximum Gasteiger partial charge on any atom is 0.114 e. The smallest absolute Gasteiger partial charge is 0.114 e. The van der Waals surface area contributed by atoms with Gasteiger partial charge >= 0.3 is 0 Å². The molecule has 0 spiro atoms. The van der Waals surface area contributed by atoms with E-state index in [4.69, 9.17) is 0 Å². The summed E-state index contributed by atoms with van der Waals surface area (Å²) in [6.07, 6.45) is 0. The normalized spacial score (nSPS) is 11.1. The molecule has 2 heterocycles. The largest absolute Gasteiger partial charge is 0.313 e. The third-order valence-electron chi connectivity index (χ3n) is 3.03. The molecule has 0 aliphatic rings. The minimum absolute atomic E-state index is 0.775. The Kier molecular flexibility index (Phi) is 4.14. The number of aryl methyl sites for hydroxylation is 2. The molecule has 0 radical (unpaired) electrons. The van der Waals surface area contributed by atoms with Crippen molar-refractivity contribution in [1.29, 1.82) is 0 Å². The molecule has 98 valence electrons. The number of nitrogens with one attached hydrogen (secondary N) is 1. The second-order valence-electron chi connectivity index (χ2n) is 4.47. The second kappa shape index (κ2) is 5.63. The highest BCUT2D eigenvalue weighted by atomic mass is 32.1. The van der Waals surface area contributed by atoms with Gasteiger partial charge in [0.15, 0.2) is 0 Å². The quantitative estimate of drug-likeness (QED) is 0.902. The summed E-state index contributed by atoms with van der Waals surface area (Å²) in [6.45, 7) is 11.0. The molecule has 5 heteroatoms. The van der Waals surface area contributed by atoms with Gasteiger partial charge in [-0.25, -0.2) is 4.98 Å². The van der Waals surface area contributed by atoms with E-state index in [-0.39, 0.29) is 0 Å². The minimum Gasteiger partial charge on any atom is -0.313 e. The lowest BCUT2D eigenvalue weighted by Gasteiger charge is -2.04. The molecular formula is C13H20N4S. The molecule has 0 aliphatic heterocycles.